The van der Waals surface area contributed by atoms with E-state index in [-0.39, 0.29) is 0 Å². The fraction of sp³-hybridized carbons (Fsp3) is 0.0250. The number of hydrogen-bond donors (Lipinski definition) is 0. The summed E-state index contributed by atoms with van der Waals surface area (Å²) in [4.78, 5) is 0. The number of rotatable bonds is 9. The van der Waals surface area contributed by atoms with Crippen molar-refractivity contribution in [1.82, 2.24) is 13.7 Å². The molecule has 0 unspecified atom stereocenters. The second kappa shape index (κ2) is 18.9. The van der Waals surface area contributed by atoms with Gasteiger partial charge in [0.25, 0.3) is 0 Å². The maximum Gasteiger partial charge on any atom is 0.0550 e. The fourth-order valence-corrected chi connectivity index (χ4v) is 13.8. The normalized spacial score (nSPS) is 12.2. The highest BCUT2D eigenvalue weighted by molar-refractivity contribution is 6.17. The summed E-state index contributed by atoms with van der Waals surface area (Å²) in [7, 11) is 0. The van der Waals surface area contributed by atoms with E-state index in [0.717, 1.165) is 29.9 Å². The Kier molecular flexibility index (Phi) is 10.8. The van der Waals surface area contributed by atoms with Crippen LogP contribution in [0.25, 0.3) is 149 Å². The van der Waals surface area contributed by atoms with E-state index in [1.165, 1.54) is 143 Å². The van der Waals surface area contributed by atoms with Gasteiger partial charge in [-0.1, -0.05) is 194 Å². The van der Waals surface area contributed by atoms with Crippen LogP contribution >= 0.6 is 0 Å². The van der Waals surface area contributed by atoms with Gasteiger partial charge in [0.15, 0.2) is 0 Å². The van der Waals surface area contributed by atoms with Gasteiger partial charge in [0, 0.05) is 49.4 Å². The van der Waals surface area contributed by atoms with Gasteiger partial charge < -0.3 is 13.7 Å². The molecule has 1 aliphatic rings. The van der Waals surface area contributed by atoms with Crippen LogP contribution in [-0.2, 0) is 12.8 Å². The molecular formula is C80H53N3. The van der Waals surface area contributed by atoms with E-state index in [0.29, 0.717) is 0 Å². The Morgan fingerprint density at radius 1 is 0.181 bits per heavy atom. The first-order chi connectivity index (χ1) is 41.1. The van der Waals surface area contributed by atoms with Crippen molar-refractivity contribution in [2.45, 2.75) is 12.8 Å². The maximum absolute atomic E-state index is 2.60. The highest BCUT2D eigenvalue weighted by Crippen LogP contribution is 2.47. The monoisotopic (exact) mass is 1060 g/mol. The Labute approximate surface area is 481 Å². The van der Waals surface area contributed by atoms with Crippen LogP contribution in [0.2, 0.25) is 0 Å². The predicted molar refractivity (Wildman–Crippen MR) is 349 cm³/mol. The molecule has 13 aromatic carbocycles. The molecule has 3 nitrogen and oxygen atoms in total. The minimum atomic E-state index is 0.946. The van der Waals surface area contributed by atoms with Crippen molar-refractivity contribution in [1.29, 1.82) is 0 Å². The molecule has 0 amide bonds. The molecule has 0 radical (unpaired) electrons. The molecule has 83 heavy (non-hydrogen) atoms. The van der Waals surface area contributed by atoms with Crippen LogP contribution in [0.4, 0.5) is 0 Å². The van der Waals surface area contributed by atoms with Gasteiger partial charge in [0.05, 0.1) is 33.1 Å². The number of hydrogen-bond acceptors (Lipinski definition) is 0. The molecule has 3 heterocycles. The zero-order chi connectivity index (χ0) is 54.5. The Morgan fingerprint density at radius 3 is 0.795 bits per heavy atom. The minimum Gasteiger partial charge on any atom is -0.309 e. The summed E-state index contributed by atoms with van der Waals surface area (Å²) in [6.45, 7) is 0. The molecule has 0 aliphatic heterocycles. The molecule has 0 saturated carbocycles. The van der Waals surface area contributed by atoms with Crippen LogP contribution in [-0.4, -0.2) is 13.7 Å². The molecule has 1 aliphatic carbocycles. The zero-order valence-corrected chi connectivity index (χ0v) is 45.5. The standard InChI is InChI=1S/C80H53N3/c1-7-19-52(20-8-1)56-33-37-73-69(46-56)71-48-58(35-39-75(71)81(73)66-27-15-5-16-28-66)64-41-60-31-32-61-42-65(59-36-40-76-72(49-59)70-47-57(53-21-9-2-10-22-53)34-38-74(70)82(76)67-29-17-6-18-30-67)51-78-80(61)79(60)77(50-64)83(78)68-44-62(54-23-11-3-12-24-54)43-63(45-68)55-25-13-4-14-26-55/h1-30,33-51H,31-32H2. The zero-order valence-electron chi connectivity index (χ0n) is 45.5. The lowest BCUT2D eigenvalue weighted by atomic mass is 9.87. The number of aromatic nitrogens is 3. The fourth-order valence-electron chi connectivity index (χ4n) is 13.8. The highest BCUT2D eigenvalue weighted by Gasteiger charge is 2.26. The highest BCUT2D eigenvalue weighted by atomic mass is 15.0. The SMILES string of the molecule is c1ccc(-c2cc(-c3ccccc3)cc(-n3c4cc(-c5ccc6c(c5)c5cc(-c7ccccc7)ccc5n6-c5ccccc5)cc5c4c4c(cc(-c6ccc7c(c6)c6cc(-c8ccccc8)ccc6n7-c6ccccc6)cc43)CC5)c2)cc1. The first-order valence-corrected chi connectivity index (χ1v) is 28.9. The topological polar surface area (TPSA) is 14.8 Å². The summed E-state index contributed by atoms with van der Waals surface area (Å²) in [6, 6.07) is 110. The Morgan fingerprint density at radius 2 is 0.458 bits per heavy atom. The number of nitrogens with zero attached hydrogens (tertiary/aromatic N) is 3. The van der Waals surface area contributed by atoms with Crippen molar-refractivity contribution >= 4 is 65.4 Å². The van der Waals surface area contributed by atoms with Crippen LogP contribution in [0.15, 0.2) is 297 Å². The van der Waals surface area contributed by atoms with Crippen LogP contribution in [0.1, 0.15) is 11.1 Å². The van der Waals surface area contributed by atoms with Crippen molar-refractivity contribution < 1.29 is 0 Å². The molecule has 16 aromatic rings. The van der Waals surface area contributed by atoms with Gasteiger partial charge >= 0.3 is 0 Å². The maximum atomic E-state index is 2.60. The van der Waals surface area contributed by atoms with Crippen molar-refractivity contribution in [3.63, 3.8) is 0 Å². The second-order valence-corrected chi connectivity index (χ2v) is 22.4. The quantitative estimate of drug-likeness (QED) is 0.137. The molecule has 0 bridgehead atoms. The summed E-state index contributed by atoms with van der Waals surface area (Å²) in [6.07, 6.45) is 1.89. The number of aryl methyl sites for hydroxylation is 2. The van der Waals surface area contributed by atoms with Crippen molar-refractivity contribution in [2.75, 3.05) is 0 Å². The molecule has 0 saturated heterocycles. The second-order valence-electron chi connectivity index (χ2n) is 22.4. The smallest absolute Gasteiger partial charge is 0.0550 e. The van der Waals surface area contributed by atoms with Crippen LogP contribution in [0.3, 0.4) is 0 Å². The number of benzene rings is 13. The van der Waals surface area contributed by atoms with E-state index >= 15 is 0 Å². The molecular weight excluding hydrogens is 1000 g/mol. The Balaban J connectivity index is 0.916. The molecule has 17 rings (SSSR count). The molecule has 3 aromatic heterocycles. The van der Waals surface area contributed by atoms with Crippen molar-refractivity contribution in [3.05, 3.63) is 308 Å². The van der Waals surface area contributed by atoms with Crippen molar-refractivity contribution in [3.8, 4) is 83.8 Å². The van der Waals surface area contributed by atoms with Gasteiger partial charge in [-0.25, -0.2) is 0 Å². The van der Waals surface area contributed by atoms with Gasteiger partial charge in [-0.2, -0.15) is 0 Å². The summed E-state index contributed by atoms with van der Waals surface area (Å²) in [5.41, 5.74) is 27.9. The van der Waals surface area contributed by atoms with E-state index in [9.17, 15) is 0 Å². The first-order valence-electron chi connectivity index (χ1n) is 28.9. The Bertz CT molecular complexity index is 4880. The minimum absolute atomic E-state index is 0.946. The van der Waals surface area contributed by atoms with Crippen LogP contribution in [0.5, 0.6) is 0 Å². The average molecular weight is 1060 g/mol. The molecule has 0 fully saturated rings. The molecule has 388 valence electrons. The van der Waals surface area contributed by atoms with Crippen LogP contribution in [0, 0.1) is 0 Å². The van der Waals surface area contributed by atoms with E-state index in [2.05, 4.69) is 311 Å². The molecule has 3 heteroatoms. The Hall–Kier alpha value is -10.7. The van der Waals surface area contributed by atoms with E-state index < -0.39 is 0 Å². The predicted octanol–water partition coefficient (Wildman–Crippen LogP) is 21.1. The lowest BCUT2D eigenvalue weighted by Gasteiger charge is -2.16. The summed E-state index contributed by atoms with van der Waals surface area (Å²) >= 11 is 0. The molecule has 0 spiro atoms. The van der Waals surface area contributed by atoms with Crippen molar-refractivity contribution in [2.24, 2.45) is 0 Å². The summed E-state index contributed by atoms with van der Waals surface area (Å²) < 4.78 is 7.46. The lowest BCUT2D eigenvalue weighted by Crippen LogP contribution is -2.00. The van der Waals surface area contributed by atoms with E-state index in [1.54, 1.807) is 0 Å². The third-order valence-corrected chi connectivity index (χ3v) is 17.6. The summed E-state index contributed by atoms with van der Waals surface area (Å²) in [5.74, 6) is 0. The molecule has 0 N–H and O–H groups in total. The van der Waals surface area contributed by atoms with Gasteiger partial charge in [0.2, 0.25) is 0 Å². The van der Waals surface area contributed by atoms with E-state index in [1.807, 2.05) is 0 Å². The van der Waals surface area contributed by atoms with Gasteiger partial charge in [0.1, 0.15) is 0 Å². The number of para-hydroxylation sites is 2. The third-order valence-electron chi connectivity index (χ3n) is 17.6. The average Bonchev–Trinajstić information content (AvgIpc) is 3.21. The molecule has 0 atom stereocenters. The van der Waals surface area contributed by atoms with Gasteiger partial charge in [-0.05, 0) is 194 Å². The van der Waals surface area contributed by atoms with E-state index in [4.69, 9.17) is 0 Å². The largest absolute Gasteiger partial charge is 0.309 e. The lowest BCUT2D eigenvalue weighted by molar-refractivity contribution is 0.970. The first kappa shape index (κ1) is 47.1. The van der Waals surface area contributed by atoms with Gasteiger partial charge in [-0.15, -0.1) is 0 Å². The van der Waals surface area contributed by atoms with Gasteiger partial charge in [-0.3, -0.25) is 0 Å². The van der Waals surface area contributed by atoms with Crippen LogP contribution < -0.4 is 0 Å². The third kappa shape index (κ3) is 7.73. The number of fused-ring (bicyclic) bond motifs is 6. The summed E-state index contributed by atoms with van der Waals surface area (Å²) in [5, 5.41) is 7.67.